The van der Waals surface area contributed by atoms with Crippen LogP contribution in [0.1, 0.15) is 64.7 Å². The van der Waals surface area contributed by atoms with Crippen LogP contribution in [-0.4, -0.2) is 17.5 Å². The van der Waals surface area contributed by atoms with E-state index in [1.165, 1.54) is 25.7 Å². The van der Waals surface area contributed by atoms with E-state index in [1.54, 1.807) is 0 Å². The van der Waals surface area contributed by atoms with Gasteiger partial charge in [-0.15, -0.1) is 0 Å². The van der Waals surface area contributed by atoms with Gasteiger partial charge >= 0.3 is 0 Å². The van der Waals surface area contributed by atoms with Crippen molar-refractivity contribution in [1.82, 2.24) is 0 Å². The maximum absolute atomic E-state index is 9.17. The average molecular weight is 265 g/mol. The molecule has 19 heavy (non-hydrogen) atoms. The van der Waals surface area contributed by atoms with Gasteiger partial charge in [-0.25, -0.2) is 0 Å². The van der Waals surface area contributed by atoms with Gasteiger partial charge in [-0.05, 0) is 38.2 Å². The van der Waals surface area contributed by atoms with Crippen LogP contribution in [0.4, 0.5) is 0 Å². The molecule has 0 saturated carbocycles. The van der Waals surface area contributed by atoms with E-state index in [0.717, 1.165) is 37.9 Å². The van der Waals surface area contributed by atoms with Crippen molar-refractivity contribution in [2.24, 2.45) is 5.16 Å². The number of oxime groups is 1. The Hall–Kier alpha value is -1.25. The molecule has 3 nitrogen and oxygen atoms in total. The predicted molar refractivity (Wildman–Crippen MR) is 79.6 cm³/mol. The predicted octanol–water partition coefficient (Wildman–Crippen LogP) is 4.82. The first-order chi connectivity index (χ1) is 9.38. The molecule has 3 heteroatoms. The molecule has 0 atom stereocenters. The number of rotatable bonds is 4. The highest BCUT2D eigenvalue weighted by Crippen LogP contribution is 2.14. The third kappa shape index (κ3) is 7.04. The van der Waals surface area contributed by atoms with Crippen LogP contribution in [0, 0.1) is 0 Å². The van der Waals surface area contributed by atoms with Crippen LogP contribution >= 0.6 is 0 Å². The summed E-state index contributed by atoms with van der Waals surface area (Å²) in [6.45, 7) is 2.83. The fourth-order valence-electron chi connectivity index (χ4n) is 2.11. The lowest BCUT2D eigenvalue weighted by Gasteiger charge is -2.11. The summed E-state index contributed by atoms with van der Waals surface area (Å²) in [5.74, 6) is 0.729. The lowest BCUT2D eigenvalue weighted by molar-refractivity contribution is 0.221. The summed E-state index contributed by atoms with van der Waals surface area (Å²) in [5.41, 5.74) is 0.682. The third-order valence-corrected chi connectivity index (χ3v) is 3.33. The number of nitrogens with zero attached hydrogens (tertiary/aromatic N) is 1. The molecule has 0 amide bonds. The Bertz CT molecular complexity index is 319. The summed E-state index contributed by atoms with van der Waals surface area (Å²) in [4.78, 5) is 0. The highest BCUT2D eigenvalue weighted by molar-refractivity contribution is 5.98. The van der Waals surface area contributed by atoms with Gasteiger partial charge in [-0.2, -0.15) is 0 Å². The zero-order valence-corrected chi connectivity index (χ0v) is 12.1. The molecule has 0 fully saturated rings. The van der Waals surface area contributed by atoms with Gasteiger partial charge in [0.2, 0.25) is 0 Å². The molecular formula is C16H27NO2. The van der Waals surface area contributed by atoms with Crippen molar-refractivity contribution < 1.29 is 9.94 Å². The van der Waals surface area contributed by atoms with E-state index >= 15 is 0 Å². The smallest absolute Gasteiger partial charge is 0.144 e. The lowest BCUT2D eigenvalue weighted by Crippen LogP contribution is -2.08. The van der Waals surface area contributed by atoms with E-state index in [-0.39, 0.29) is 0 Å². The molecule has 0 unspecified atom stereocenters. The van der Waals surface area contributed by atoms with Crippen molar-refractivity contribution >= 4 is 5.71 Å². The summed E-state index contributed by atoms with van der Waals surface area (Å²) in [7, 11) is 0. The monoisotopic (exact) mass is 265 g/mol. The van der Waals surface area contributed by atoms with Crippen LogP contribution in [0.15, 0.2) is 29.1 Å². The van der Waals surface area contributed by atoms with E-state index < -0.39 is 0 Å². The molecule has 1 N–H and O–H groups in total. The van der Waals surface area contributed by atoms with Gasteiger partial charge in [-0.3, -0.25) is 0 Å². The van der Waals surface area contributed by atoms with Crippen LogP contribution in [-0.2, 0) is 4.74 Å². The largest absolute Gasteiger partial charge is 0.492 e. The van der Waals surface area contributed by atoms with Gasteiger partial charge in [0.15, 0.2) is 0 Å². The third-order valence-electron chi connectivity index (χ3n) is 3.33. The van der Waals surface area contributed by atoms with E-state index in [0.29, 0.717) is 12.3 Å². The first-order valence-electron chi connectivity index (χ1n) is 7.59. The summed E-state index contributed by atoms with van der Waals surface area (Å²) in [6.07, 6.45) is 16.3. The standard InChI is InChI=1S/C16H27NO2/c1-2-3-14-19-16-13-11-9-7-5-4-6-8-10-12-15(16)17-18/h9,11,13,18H,2-8,10,12,14H2,1H3. The topological polar surface area (TPSA) is 41.8 Å². The zero-order valence-electron chi connectivity index (χ0n) is 12.1. The number of allylic oxidation sites excluding steroid dienone is 4. The van der Waals surface area contributed by atoms with Gasteiger partial charge in [0.1, 0.15) is 11.5 Å². The van der Waals surface area contributed by atoms with E-state index in [1.807, 2.05) is 12.2 Å². The second-order valence-electron chi connectivity index (χ2n) is 5.01. The van der Waals surface area contributed by atoms with Crippen LogP contribution in [0.3, 0.4) is 0 Å². The molecule has 0 aromatic heterocycles. The van der Waals surface area contributed by atoms with Crippen molar-refractivity contribution in [3.63, 3.8) is 0 Å². The van der Waals surface area contributed by atoms with Crippen molar-refractivity contribution in [1.29, 1.82) is 0 Å². The van der Waals surface area contributed by atoms with Crippen LogP contribution in [0.2, 0.25) is 0 Å². The molecule has 0 aromatic carbocycles. The normalized spacial score (nSPS) is 20.5. The number of ether oxygens (including phenoxy) is 1. The summed E-state index contributed by atoms with van der Waals surface area (Å²) < 4.78 is 5.75. The van der Waals surface area contributed by atoms with Crippen LogP contribution in [0.25, 0.3) is 0 Å². The highest BCUT2D eigenvalue weighted by Gasteiger charge is 2.09. The Morgan fingerprint density at radius 3 is 2.79 bits per heavy atom. The molecule has 1 aliphatic carbocycles. The number of unbranched alkanes of at least 4 members (excludes halogenated alkanes) is 1. The molecular weight excluding hydrogens is 238 g/mol. The molecule has 1 aliphatic rings. The van der Waals surface area contributed by atoms with E-state index in [4.69, 9.17) is 9.94 Å². The van der Waals surface area contributed by atoms with Gasteiger partial charge in [0.05, 0.1) is 6.61 Å². The van der Waals surface area contributed by atoms with Gasteiger partial charge in [0, 0.05) is 0 Å². The quantitative estimate of drug-likeness (QED) is 0.450. The fourth-order valence-corrected chi connectivity index (χ4v) is 2.11. The number of hydrogen-bond acceptors (Lipinski definition) is 3. The van der Waals surface area contributed by atoms with Crippen LogP contribution < -0.4 is 0 Å². The SMILES string of the molecule is CCCCOC1=CC=CCCCCCCCC1=NO. The number of hydrogen-bond donors (Lipinski definition) is 1. The Morgan fingerprint density at radius 1 is 1.21 bits per heavy atom. The molecule has 0 radical (unpaired) electrons. The molecule has 0 aliphatic heterocycles. The van der Waals surface area contributed by atoms with Crippen molar-refractivity contribution in [3.8, 4) is 0 Å². The molecule has 0 saturated heterocycles. The molecule has 0 spiro atoms. The Kier molecular flexibility index (Phi) is 8.86. The first kappa shape index (κ1) is 15.8. The van der Waals surface area contributed by atoms with E-state index in [2.05, 4.69) is 18.2 Å². The minimum absolute atomic E-state index is 0.682. The van der Waals surface area contributed by atoms with Crippen molar-refractivity contribution in [2.45, 2.75) is 64.7 Å². The summed E-state index contributed by atoms with van der Waals surface area (Å²) >= 11 is 0. The van der Waals surface area contributed by atoms with Gasteiger partial charge in [-0.1, -0.05) is 49.9 Å². The fraction of sp³-hybridized carbons (Fsp3) is 0.688. The van der Waals surface area contributed by atoms with Crippen molar-refractivity contribution in [3.05, 3.63) is 24.0 Å². The second kappa shape index (κ2) is 10.7. The van der Waals surface area contributed by atoms with E-state index in [9.17, 15) is 0 Å². The zero-order chi connectivity index (χ0) is 13.8. The summed E-state index contributed by atoms with van der Waals surface area (Å²) in [5, 5.41) is 12.6. The maximum atomic E-state index is 9.17. The van der Waals surface area contributed by atoms with Gasteiger partial charge < -0.3 is 9.94 Å². The first-order valence-corrected chi connectivity index (χ1v) is 7.59. The molecule has 108 valence electrons. The minimum Gasteiger partial charge on any atom is -0.492 e. The summed E-state index contributed by atoms with van der Waals surface area (Å²) in [6, 6.07) is 0. The second-order valence-corrected chi connectivity index (χ2v) is 5.01. The van der Waals surface area contributed by atoms with Gasteiger partial charge in [0.25, 0.3) is 0 Å². The molecule has 0 aromatic rings. The highest BCUT2D eigenvalue weighted by atomic mass is 16.5. The maximum Gasteiger partial charge on any atom is 0.144 e. The minimum atomic E-state index is 0.682. The van der Waals surface area contributed by atoms with Crippen molar-refractivity contribution in [2.75, 3.05) is 6.61 Å². The lowest BCUT2D eigenvalue weighted by atomic mass is 10.0. The Labute approximate surface area is 117 Å². The average Bonchev–Trinajstić information content (AvgIpc) is 2.41. The molecule has 1 rings (SSSR count). The van der Waals surface area contributed by atoms with Crippen LogP contribution in [0.5, 0.6) is 0 Å². The Morgan fingerprint density at radius 2 is 2.00 bits per heavy atom. The molecule has 0 heterocycles. The Balaban J connectivity index is 2.67. The molecule has 0 bridgehead atoms.